The number of unbranched alkanes of at least 4 members (excludes halogenated alkanes) is 6. The quantitative estimate of drug-likeness (QED) is 0.201. The molecule has 1 fully saturated rings. The summed E-state index contributed by atoms with van der Waals surface area (Å²) in [7, 11) is 0. The van der Waals surface area contributed by atoms with E-state index >= 15 is 0 Å². The fourth-order valence-corrected chi connectivity index (χ4v) is 3.71. The van der Waals surface area contributed by atoms with Crippen molar-refractivity contribution in [3.8, 4) is 6.07 Å². The summed E-state index contributed by atoms with van der Waals surface area (Å²) in [5.41, 5.74) is 0. The first kappa shape index (κ1) is 24.3. The van der Waals surface area contributed by atoms with Crippen molar-refractivity contribution in [3.63, 3.8) is 0 Å². The van der Waals surface area contributed by atoms with Gasteiger partial charge in [-0.3, -0.25) is 4.79 Å². The van der Waals surface area contributed by atoms with Gasteiger partial charge in [0.15, 0.2) is 0 Å². The van der Waals surface area contributed by atoms with E-state index < -0.39 is 11.8 Å². The highest BCUT2D eigenvalue weighted by atomic mass is 16.6. The number of hydrogen-bond donors (Lipinski definition) is 2. The van der Waals surface area contributed by atoms with E-state index in [2.05, 4.69) is 23.0 Å². The number of Topliss-reactive ketones (excluding diaryl/α,β-unsaturated/α-hetero) is 1. The molecule has 28 heavy (non-hydrogen) atoms. The first-order valence-corrected chi connectivity index (χ1v) is 10.6. The number of carbonyl (C=O) groups excluding carboxylic acids is 2. The van der Waals surface area contributed by atoms with Gasteiger partial charge in [-0.2, -0.15) is 5.26 Å². The Morgan fingerprint density at radius 3 is 2.71 bits per heavy atom. The maximum Gasteiger partial charge on any atom is 0.366 e. The van der Waals surface area contributed by atoms with Crippen LogP contribution >= 0.6 is 0 Å². The molecule has 0 aromatic rings. The molecule has 6 heteroatoms. The molecule has 0 aromatic heterocycles. The van der Waals surface area contributed by atoms with Crippen LogP contribution in [0.15, 0.2) is 12.2 Å². The Morgan fingerprint density at radius 1 is 1.25 bits per heavy atom. The molecule has 0 radical (unpaired) electrons. The summed E-state index contributed by atoms with van der Waals surface area (Å²) in [6.07, 6.45) is 13.4. The van der Waals surface area contributed by atoms with Gasteiger partial charge in [0.05, 0.1) is 12.7 Å². The van der Waals surface area contributed by atoms with Gasteiger partial charge in [-0.05, 0) is 51.4 Å². The third kappa shape index (κ3) is 8.99. The van der Waals surface area contributed by atoms with Crippen LogP contribution in [0.3, 0.4) is 0 Å². The molecule has 0 amide bonds. The van der Waals surface area contributed by atoms with Crippen molar-refractivity contribution in [3.05, 3.63) is 12.2 Å². The van der Waals surface area contributed by atoms with Crippen LogP contribution in [0.2, 0.25) is 0 Å². The van der Waals surface area contributed by atoms with Crippen LogP contribution in [0, 0.1) is 23.2 Å². The zero-order chi connectivity index (χ0) is 20.8. The summed E-state index contributed by atoms with van der Waals surface area (Å²) in [5, 5.41) is 27.9. The number of nitrogens with zero attached hydrogens (tertiary/aromatic N) is 1. The molecule has 0 spiro atoms. The number of rotatable bonds is 14. The third-order valence-electron chi connectivity index (χ3n) is 5.34. The Bertz CT molecular complexity index is 550. The molecule has 0 aliphatic heterocycles. The van der Waals surface area contributed by atoms with Gasteiger partial charge in [0.25, 0.3) is 5.79 Å². The molecular weight excluding hydrogens is 358 g/mol. The standard InChI is InChI=1S/C22H35NO5/c1-2-28-21(25)22(26,27)16-10-7-9-13-19-18(14-15-20(19)24)12-8-5-3-4-6-11-17-23/h8,12,18-19,26-27H,2-7,9-11,13-16H2,1H3/t18-,19+/m0/s1. The second-order valence-corrected chi connectivity index (χ2v) is 7.60. The van der Waals surface area contributed by atoms with Gasteiger partial charge < -0.3 is 14.9 Å². The molecule has 0 bridgehead atoms. The molecule has 1 saturated carbocycles. The Hall–Kier alpha value is -1.71. The van der Waals surface area contributed by atoms with E-state index in [0.717, 1.165) is 51.4 Å². The van der Waals surface area contributed by atoms with E-state index in [1.807, 2.05) is 0 Å². The molecule has 0 unspecified atom stereocenters. The molecule has 0 aromatic carbocycles. The van der Waals surface area contributed by atoms with Crippen molar-refractivity contribution in [2.45, 2.75) is 89.8 Å². The SMILES string of the molecule is CCOC(=O)C(O)(O)CCCCC[C@H]1C(=O)CC[C@@H]1C=CCCCCCC#N. The lowest BCUT2D eigenvalue weighted by Gasteiger charge is -2.19. The van der Waals surface area contributed by atoms with E-state index in [1.165, 1.54) is 0 Å². The van der Waals surface area contributed by atoms with Crippen LogP contribution in [0.4, 0.5) is 0 Å². The maximum absolute atomic E-state index is 12.2. The number of carbonyl (C=O) groups is 2. The molecule has 2 atom stereocenters. The number of ketones is 1. The minimum atomic E-state index is -2.42. The minimum Gasteiger partial charge on any atom is -0.462 e. The van der Waals surface area contributed by atoms with Crippen molar-refractivity contribution in [1.29, 1.82) is 5.26 Å². The van der Waals surface area contributed by atoms with Crippen molar-refractivity contribution in [1.82, 2.24) is 0 Å². The average molecular weight is 394 g/mol. The van der Waals surface area contributed by atoms with Gasteiger partial charge in [0, 0.05) is 25.2 Å². The molecule has 6 nitrogen and oxygen atoms in total. The van der Waals surface area contributed by atoms with Gasteiger partial charge in [-0.25, -0.2) is 4.79 Å². The zero-order valence-electron chi connectivity index (χ0n) is 17.1. The third-order valence-corrected chi connectivity index (χ3v) is 5.34. The van der Waals surface area contributed by atoms with Crippen LogP contribution in [0.1, 0.15) is 84.0 Å². The van der Waals surface area contributed by atoms with Crippen molar-refractivity contribution in [2.24, 2.45) is 11.8 Å². The van der Waals surface area contributed by atoms with Crippen LogP contribution < -0.4 is 0 Å². The first-order valence-electron chi connectivity index (χ1n) is 10.6. The smallest absolute Gasteiger partial charge is 0.366 e. The number of esters is 1. The first-order chi connectivity index (χ1) is 13.4. The van der Waals surface area contributed by atoms with Crippen LogP contribution in [0.5, 0.6) is 0 Å². The summed E-state index contributed by atoms with van der Waals surface area (Å²) >= 11 is 0. The highest BCUT2D eigenvalue weighted by Gasteiger charge is 2.35. The van der Waals surface area contributed by atoms with Crippen LogP contribution in [-0.2, 0) is 14.3 Å². The van der Waals surface area contributed by atoms with E-state index in [0.29, 0.717) is 31.0 Å². The highest BCUT2D eigenvalue weighted by molar-refractivity contribution is 5.83. The lowest BCUT2D eigenvalue weighted by molar-refractivity contribution is -0.211. The normalized spacial score (nSPS) is 19.9. The predicted molar refractivity (Wildman–Crippen MR) is 106 cm³/mol. The second kappa shape index (κ2) is 13.5. The fourth-order valence-electron chi connectivity index (χ4n) is 3.71. The lowest BCUT2D eigenvalue weighted by atomic mass is 9.89. The topological polar surface area (TPSA) is 108 Å². The summed E-state index contributed by atoms with van der Waals surface area (Å²) in [6.45, 7) is 1.73. The number of allylic oxidation sites excluding steroid dienone is 2. The summed E-state index contributed by atoms with van der Waals surface area (Å²) in [6, 6.07) is 2.16. The number of hydrogen-bond acceptors (Lipinski definition) is 6. The fraction of sp³-hybridized carbons (Fsp3) is 0.773. The summed E-state index contributed by atoms with van der Waals surface area (Å²) in [4.78, 5) is 23.6. The van der Waals surface area contributed by atoms with E-state index in [-0.39, 0.29) is 18.9 Å². The monoisotopic (exact) mass is 393 g/mol. The van der Waals surface area contributed by atoms with Crippen molar-refractivity contribution >= 4 is 11.8 Å². The van der Waals surface area contributed by atoms with E-state index in [1.54, 1.807) is 6.92 Å². The maximum atomic E-state index is 12.2. The molecule has 0 saturated heterocycles. The van der Waals surface area contributed by atoms with E-state index in [4.69, 9.17) is 5.26 Å². The summed E-state index contributed by atoms with van der Waals surface area (Å²) < 4.78 is 4.64. The van der Waals surface area contributed by atoms with Crippen LogP contribution in [-0.4, -0.2) is 34.4 Å². The average Bonchev–Trinajstić information content (AvgIpc) is 3.00. The van der Waals surface area contributed by atoms with Gasteiger partial charge >= 0.3 is 5.97 Å². The van der Waals surface area contributed by atoms with Crippen molar-refractivity contribution in [2.75, 3.05) is 6.61 Å². The predicted octanol–water partition coefficient (Wildman–Crippen LogP) is 3.81. The Labute approximate surface area is 168 Å². The molecule has 1 rings (SSSR count). The molecule has 158 valence electrons. The lowest BCUT2D eigenvalue weighted by Crippen LogP contribution is -2.39. The molecule has 1 aliphatic rings. The Balaban J connectivity index is 2.27. The number of nitriles is 1. The van der Waals surface area contributed by atoms with E-state index in [9.17, 15) is 19.8 Å². The van der Waals surface area contributed by atoms with Crippen molar-refractivity contribution < 1.29 is 24.5 Å². The van der Waals surface area contributed by atoms with Crippen LogP contribution in [0.25, 0.3) is 0 Å². The summed E-state index contributed by atoms with van der Waals surface area (Å²) in [5.74, 6) is -2.72. The second-order valence-electron chi connectivity index (χ2n) is 7.60. The van der Waals surface area contributed by atoms with Gasteiger partial charge in [-0.15, -0.1) is 0 Å². The Morgan fingerprint density at radius 2 is 2.00 bits per heavy atom. The van der Waals surface area contributed by atoms with Gasteiger partial charge in [-0.1, -0.05) is 31.4 Å². The number of ether oxygens (including phenoxy) is 1. The highest BCUT2D eigenvalue weighted by Crippen LogP contribution is 2.34. The number of aliphatic hydroxyl groups is 2. The van der Waals surface area contributed by atoms with Gasteiger partial charge in [0.2, 0.25) is 0 Å². The molecule has 2 N–H and O–H groups in total. The Kier molecular flexibility index (Phi) is 11.7. The zero-order valence-corrected chi connectivity index (χ0v) is 17.1. The molecular formula is C22H35NO5. The minimum absolute atomic E-state index is 0.0560. The van der Waals surface area contributed by atoms with Gasteiger partial charge in [0.1, 0.15) is 5.78 Å². The largest absolute Gasteiger partial charge is 0.462 e. The molecule has 1 aliphatic carbocycles. The molecule has 0 heterocycles.